The van der Waals surface area contributed by atoms with Gasteiger partial charge in [0.2, 0.25) is 5.91 Å². The van der Waals surface area contributed by atoms with Crippen LogP contribution in [0.15, 0.2) is 42.6 Å². The fraction of sp³-hybridized carbons (Fsp3) is 0.421. The Kier molecular flexibility index (Phi) is 5.48. The topological polar surface area (TPSA) is 84.2 Å². The molecule has 2 N–H and O–H groups in total. The zero-order valence-electron chi connectivity index (χ0n) is 14.1. The van der Waals surface area contributed by atoms with Gasteiger partial charge in [-0.25, -0.2) is 4.68 Å². The van der Waals surface area contributed by atoms with Crippen molar-refractivity contribution in [3.05, 3.63) is 48.3 Å². The van der Waals surface area contributed by atoms with E-state index in [9.17, 15) is 9.59 Å². The van der Waals surface area contributed by atoms with E-state index in [0.717, 1.165) is 24.2 Å². The third-order valence-corrected chi connectivity index (χ3v) is 4.74. The van der Waals surface area contributed by atoms with Crippen LogP contribution in [-0.4, -0.2) is 33.3 Å². The number of carbonyl (C=O) groups is 2. The lowest BCUT2D eigenvalue weighted by Crippen LogP contribution is -2.36. The summed E-state index contributed by atoms with van der Waals surface area (Å²) in [4.78, 5) is 23.4. The Morgan fingerprint density at radius 2 is 1.92 bits per heavy atom. The van der Waals surface area contributed by atoms with Gasteiger partial charge in [0.15, 0.2) is 0 Å². The first kappa shape index (κ1) is 17.2. The number of carboxylic acids is 1. The van der Waals surface area contributed by atoms with Crippen LogP contribution in [0.5, 0.6) is 0 Å². The smallest absolute Gasteiger partial charge is 0.306 e. The van der Waals surface area contributed by atoms with Crippen LogP contribution < -0.4 is 5.32 Å². The summed E-state index contributed by atoms with van der Waals surface area (Å²) in [6, 6.07) is 11.8. The summed E-state index contributed by atoms with van der Waals surface area (Å²) in [6.07, 6.45) is 5.26. The molecule has 1 aromatic carbocycles. The Labute approximate surface area is 146 Å². The van der Waals surface area contributed by atoms with Gasteiger partial charge >= 0.3 is 5.97 Å². The van der Waals surface area contributed by atoms with E-state index in [1.165, 1.54) is 0 Å². The predicted octanol–water partition coefficient (Wildman–Crippen LogP) is 2.42. The molecule has 1 saturated carbocycles. The van der Waals surface area contributed by atoms with E-state index in [2.05, 4.69) is 10.4 Å². The van der Waals surface area contributed by atoms with Crippen molar-refractivity contribution in [3.63, 3.8) is 0 Å². The predicted molar refractivity (Wildman–Crippen MR) is 93.4 cm³/mol. The van der Waals surface area contributed by atoms with Crippen LogP contribution in [0, 0.1) is 11.8 Å². The number of para-hydroxylation sites is 1. The highest BCUT2D eigenvalue weighted by atomic mass is 16.4. The third kappa shape index (κ3) is 4.47. The summed E-state index contributed by atoms with van der Waals surface area (Å²) in [5, 5.41) is 16.6. The van der Waals surface area contributed by atoms with E-state index < -0.39 is 5.97 Å². The number of nitrogens with zero attached hydrogens (tertiary/aromatic N) is 2. The highest BCUT2D eigenvalue weighted by Gasteiger charge is 2.30. The number of carboxylic acid groups (broad SMARTS) is 1. The van der Waals surface area contributed by atoms with Crippen LogP contribution in [0.25, 0.3) is 5.69 Å². The summed E-state index contributed by atoms with van der Waals surface area (Å²) in [6.45, 7) is 0.513. The summed E-state index contributed by atoms with van der Waals surface area (Å²) < 4.78 is 1.82. The van der Waals surface area contributed by atoms with Crippen molar-refractivity contribution in [2.45, 2.75) is 32.1 Å². The molecule has 6 nitrogen and oxygen atoms in total. The molecular formula is C19H23N3O3. The van der Waals surface area contributed by atoms with Gasteiger partial charge in [-0.3, -0.25) is 9.59 Å². The number of aromatic nitrogens is 2. The van der Waals surface area contributed by atoms with Gasteiger partial charge in [0.25, 0.3) is 0 Å². The minimum Gasteiger partial charge on any atom is -0.481 e. The number of nitrogens with one attached hydrogen (secondary N) is 1. The average Bonchev–Trinajstić information content (AvgIpc) is 3.11. The van der Waals surface area contributed by atoms with Crippen molar-refractivity contribution >= 4 is 11.9 Å². The van der Waals surface area contributed by atoms with Gasteiger partial charge in [0, 0.05) is 25.1 Å². The lowest BCUT2D eigenvalue weighted by Gasteiger charge is -2.25. The molecule has 0 bridgehead atoms. The second-order valence-corrected chi connectivity index (χ2v) is 6.53. The first-order valence-electron chi connectivity index (χ1n) is 8.74. The molecule has 25 heavy (non-hydrogen) atoms. The number of aliphatic carboxylic acids is 1. The monoisotopic (exact) mass is 341 g/mol. The minimum absolute atomic E-state index is 0.0338. The van der Waals surface area contributed by atoms with Crippen LogP contribution >= 0.6 is 0 Å². The van der Waals surface area contributed by atoms with Crippen molar-refractivity contribution < 1.29 is 14.7 Å². The Morgan fingerprint density at radius 3 is 2.68 bits per heavy atom. The van der Waals surface area contributed by atoms with Crippen LogP contribution in [0.3, 0.4) is 0 Å². The lowest BCUT2D eigenvalue weighted by atomic mass is 9.81. The second-order valence-electron chi connectivity index (χ2n) is 6.53. The number of amides is 1. The molecule has 0 aliphatic heterocycles. The Bertz CT molecular complexity index is 727. The van der Waals surface area contributed by atoms with Gasteiger partial charge in [-0.2, -0.15) is 5.10 Å². The Morgan fingerprint density at radius 1 is 1.16 bits per heavy atom. The zero-order chi connectivity index (χ0) is 17.6. The van der Waals surface area contributed by atoms with Crippen LogP contribution in [0.1, 0.15) is 31.4 Å². The first-order chi connectivity index (χ1) is 12.1. The normalized spacial score (nSPS) is 20.2. The van der Waals surface area contributed by atoms with E-state index in [-0.39, 0.29) is 17.7 Å². The third-order valence-electron chi connectivity index (χ3n) is 4.74. The molecule has 2 unspecified atom stereocenters. The molecule has 2 atom stereocenters. The highest BCUT2D eigenvalue weighted by Crippen LogP contribution is 2.29. The van der Waals surface area contributed by atoms with Crippen molar-refractivity contribution in [2.75, 3.05) is 6.54 Å². The van der Waals surface area contributed by atoms with Gasteiger partial charge in [-0.15, -0.1) is 0 Å². The van der Waals surface area contributed by atoms with E-state index in [1.54, 1.807) is 0 Å². The number of hydrogen-bond donors (Lipinski definition) is 2. The molecule has 1 aromatic heterocycles. The molecule has 1 aliphatic carbocycles. The van der Waals surface area contributed by atoms with Crippen molar-refractivity contribution in [2.24, 2.45) is 11.8 Å². The van der Waals surface area contributed by atoms with Gasteiger partial charge in [0.1, 0.15) is 0 Å². The van der Waals surface area contributed by atoms with Gasteiger partial charge in [-0.1, -0.05) is 24.6 Å². The fourth-order valence-electron chi connectivity index (χ4n) is 3.33. The SMILES string of the molecule is O=C(O)C1CCCC(C(=O)NCCc2ccn(-c3ccccc3)n2)C1. The molecule has 132 valence electrons. The number of benzene rings is 1. The van der Waals surface area contributed by atoms with Crippen molar-refractivity contribution in [1.82, 2.24) is 15.1 Å². The van der Waals surface area contributed by atoms with E-state index in [1.807, 2.05) is 47.3 Å². The number of rotatable bonds is 6. The number of hydrogen-bond acceptors (Lipinski definition) is 3. The first-order valence-corrected chi connectivity index (χ1v) is 8.74. The molecule has 1 heterocycles. The summed E-state index contributed by atoms with van der Waals surface area (Å²) in [5.74, 6) is -1.39. The molecular weight excluding hydrogens is 318 g/mol. The molecule has 1 amide bonds. The van der Waals surface area contributed by atoms with Gasteiger partial charge in [0.05, 0.1) is 17.3 Å². The highest BCUT2D eigenvalue weighted by molar-refractivity contribution is 5.80. The maximum atomic E-state index is 12.3. The molecule has 6 heteroatoms. The molecule has 0 radical (unpaired) electrons. The molecule has 3 rings (SSSR count). The van der Waals surface area contributed by atoms with Gasteiger partial charge in [-0.05, 0) is 37.5 Å². The molecule has 0 spiro atoms. The summed E-state index contributed by atoms with van der Waals surface area (Å²) in [7, 11) is 0. The average molecular weight is 341 g/mol. The van der Waals surface area contributed by atoms with E-state index in [4.69, 9.17) is 5.11 Å². The van der Waals surface area contributed by atoms with Crippen LogP contribution in [-0.2, 0) is 16.0 Å². The maximum absolute atomic E-state index is 12.3. The Balaban J connectivity index is 1.47. The van der Waals surface area contributed by atoms with Crippen LogP contribution in [0.4, 0.5) is 0 Å². The van der Waals surface area contributed by atoms with E-state index >= 15 is 0 Å². The minimum atomic E-state index is -0.788. The van der Waals surface area contributed by atoms with Crippen LogP contribution in [0.2, 0.25) is 0 Å². The lowest BCUT2D eigenvalue weighted by molar-refractivity contribution is -0.144. The van der Waals surface area contributed by atoms with Gasteiger partial charge < -0.3 is 10.4 Å². The van der Waals surface area contributed by atoms with Crippen molar-refractivity contribution in [3.8, 4) is 5.69 Å². The fourth-order valence-corrected chi connectivity index (χ4v) is 3.33. The summed E-state index contributed by atoms with van der Waals surface area (Å²) in [5.41, 5.74) is 1.91. The molecule has 1 fully saturated rings. The van der Waals surface area contributed by atoms with Crippen molar-refractivity contribution in [1.29, 1.82) is 0 Å². The largest absolute Gasteiger partial charge is 0.481 e. The second kappa shape index (κ2) is 7.96. The summed E-state index contributed by atoms with van der Waals surface area (Å²) >= 11 is 0. The molecule has 0 saturated heterocycles. The standard InChI is InChI=1S/C19H23N3O3/c23-18(14-5-4-6-15(13-14)19(24)25)20-11-9-16-10-12-22(21-16)17-7-2-1-3-8-17/h1-3,7-8,10,12,14-15H,4-6,9,11,13H2,(H,20,23)(H,24,25). The zero-order valence-corrected chi connectivity index (χ0v) is 14.1. The van der Waals surface area contributed by atoms with E-state index in [0.29, 0.717) is 25.8 Å². The maximum Gasteiger partial charge on any atom is 0.306 e. The molecule has 1 aliphatic rings. The Hall–Kier alpha value is -2.63. The quantitative estimate of drug-likeness (QED) is 0.845. The number of carbonyl (C=O) groups excluding carboxylic acids is 1. The molecule has 2 aromatic rings.